The molecule has 2 nitrogen and oxygen atoms in total. The lowest BCUT2D eigenvalue weighted by atomic mass is 9.95. The molecule has 2 heteroatoms. The summed E-state index contributed by atoms with van der Waals surface area (Å²) in [4.78, 5) is 0. The largest absolute Gasteiger partial charge is 0.389 e. The SMILES string of the molecule is CCC(O)(CC)CNC(C)C1(C)CC1. The number of aliphatic hydroxyl groups is 1. The van der Waals surface area contributed by atoms with Crippen molar-refractivity contribution in [3.05, 3.63) is 0 Å². The molecular weight excluding hydrogens is 174 g/mol. The summed E-state index contributed by atoms with van der Waals surface area (Å²) in [5.41, 5.74) is 0.00189. The standard InChI is InChI=1S/C12H25NO/c1-5-12(14,6-2)9-13-10(3)11(4)7-8-11/h10,13-14H,5-9H2,1-4H3. The van der Waals surface area contributed by atoms with Crippen molar-refractivity contribution in [2.45, 2.75) is 65.0 Å². The third-order valence-electron chi connectivity index (χ3n) is 4.14. The maximum Gasteiger partial charge on any atom is 0.0766 e. The zero-order valence-corrected chi connectivity index (χ0v) is 10.1. The summed E-state index contributed by atoms with van der Waals surface area (Å²) < 4.78 is 0. The maximum atomic E-state index is 10.1. The fraction of sp³-hybridized carbons (Fsp3) is 1.00. The van der Waals surface area contributed by atoms with E-state index in [4.69, 9.17) is 0 Å². The number of hydrogen-bond acceptors (Lipinski definition) is 2. The van der Waals surface area contributed by atoms with Gasteiger partial charge in [-0.25, -0.2) is 0 Å². The average molecular weight is 199 g/mol. The van der Waals surface area contributed by atoms with E-state index in [1.807, 2.05) is 0 Å². The van der Waals surface area contributed by atoms with Crippen molar-refractivity contribution in [1.29, 1.82) is 0 Å². The van der Waals surface area contributed by atoms with Gasteiger partial charge in [-0.2, -0.15) is 0 Å². The predicted octanol–water partition coefficient (Wildman–Crippen LogP) is 2.32. The van der Waals surface area contributed by atoms with Gasteiger partial charge in [-0.15, -0.1) is 0 Å². The highest BCUT2D eigenvalue weighted by atomic mass is 16.3. The van der Waals surface area contributed by atoms with E-state index in [1.165, 1.54) is 12.8 Å². The summed E-state index contributed by atoms with van der Waals surface area (Å²) in [5, 5.41) is 13.6. The van der Waals surface area contributed by atoms with E-state index in [0.717, 1.165) is 19.4 Å². The summed E-state index contributed by atoms with van der Waals surface area (Å²) in [6, 6.07) is 0.534. The van der Waals surface area contributed by atoms with Gasteiger partial charge in [0, 0.05) is 12.6 Å². The summed E-state index contributed by atoms with van der Waals surface area (Å²) >= 11 is 0. The first-order valence-corrected chi connectivity index (χ1v) is 5.91. The van der Waals surface area contributed by atoms with Crippen LogP contribution >= 0.6 is 0 Å². The third-order valence-corrected chi connectivity index (χ3v) is 4.14. The average Bonchev–Trinajstić information content (AvgIpc) is 2.93. The van der Waals surface area contributed by atoms with Crippen molar-refractivity contribution in [1.82, 2.24) is 5.32 Å². The first-order valence-electron chi connectivity index (χ1n) is 5.91. The fourth-order valence-corrected chi connectivity index (χ4v) is 1.72. The Morgan fingerprint density at radius 2 is 1.86 bits per heavy atom. The molecule has 84 valence electrons. The van der Waals surface area contributed by atoms with E-state index in [0.29, 0.717) is 11.5 Å². The van der Waals surface area contributed by atoms with Gasteiger partial charge < -0.3 is 10.4 Å². The molecule has 1 saturated carbocycles. The molecule has 0 saturated heterocycles. The highest BCUT2D eigenvalue weighted by Gasteiger charge is 2.42. The number of rotatable bonds is 6. The maximum absolute atomic E-state index is 10.1. The molecule has 0 radical (unpaired) electrons. The van der Waals surface area contributed by atoms with Crippen LogP contribution < -0.4 is 5.32 Å². The van der Waals surface area contributed by atoms with Crippen molar-refractivity contribution in [3.63, 3.8) is 0 Å². The molecule has 1 unspecified atom stereocenters. The van der Waals surface area contributed by atoms with Crippen LogP contribution in [0.25, 0.3) is 0 Å². The van der Waals surface area contributed by atoms with E-state index < -0.39 is 5.60 Å². The zero-order valence-electron chi connectivity index (χ0n) is 10.1. The second-order valence-corrected chi connectivity index (χ2v) is 5.19. The minimum absolute atomic E-state index is 0.500. The van der Waals surface area contributed by atoms with Crippen molar-refractivity contribution >= 4 is 0 Å². The Morgan fingerprint density at radius 3 is 2.21 bits per heavy atom. The van der Waals surface area contributed by atoms with Gasteiger partial charge in [0.1, 0.15) is 0 Å². The monoisotopic (exact) mass is 199 g/mol. The van der Waals surface area contributed by atoms with Crippen LogP contribution in [0.4, 0.5) is 0 Å². The molecule has 1 fully saturated rings. The van der Waals surface area contributed by atoms with Crippen LogP contribution in [0.1, 0.15) is 53.4 Å². The molecule has 0 heterocycles. The highest BCUT2D eigenvalue weighted by molar-refractivity contribution is 4.97. The van der Waals surface area contributed by atoms with Gasteiger partial charge in [-0.1, -0.05) is 20.8 Å². The van der Waals surface area contributed by atoms with Gasteiger partial charge in [0.15, 0.2) is 0 Å². The smallest absolute Gasteiger partial charge is 0.0766 e. The van der Waals surface area contributed by atoms with Gasteiger partial charge in [0.05, 0.1) is 5.60 Å². The molecule has 1 rings (SSSR count). The lowest BCUT2D eigenvalue weighted by molar-refractivity contribution is 0.0282. The molecule has 0 spiro atoms. The van der Waals surface area contributed by atoms with Crippen LogP contribution in [0.15, 0.2) is 0 Å². The van der Waals surface area contributed by atoms with Crippen molar-refractivity contribution < 1.29 is 5.11 Å². The first kappa shape index (κ1) is 12.0. The summed E-state index contributed by atoms with van der Waals surface area (Å²) in [6.45, 7) is 9.39. The molecule has 2 N–H and O–H groups in total. The molecule has 1 aliphatic carbocycles. The molecular formula is C12H25NO. The molecule has 14 heavy (non-hydrogen) atoms. The van der Waals surface area contributed by atoms with Crippen molar-refractivity contribution in [2.75, 3.05) is 6.54 Å². The summed E-state index contributed by atoms with van der Waals surface area (Å²) in [7, 11) is 0. The lowest BCUT2D eigenvalue weighted by Crippen LogP contribution is -2.45. The van der Waals surface area contributed by atoms with E-state index in [1.54, 1.807) is 0 Å². The first-order chi connectivity index (χ1) is 6.46. The van der Waals surface area contributed by atoms with Gasteiger partial charge >= 0.3 is 0 Å². The molecule has 1 atom stereocenters. The van der Waals surface area contributed by atoms with Gasteiger partial charge in [0.2, 0.25) is 0 Å². The second-order valence-electron chi connectivity index (χ2n) is 5.19. The topological polar surface area (TPSA) is 32.3 Å². The van der Waals surface area contributed by atoms with E-state index in [9.17, 15) is 5.11 Å². The quantitative estimate of drug-likeness (QED) is 0.688. The van der Waals surface area contributed by atoms with Crippen LogP contribution in [-0.2, 0) is 0 Å². The van der Waals surface area contributed by atoms with Gasteiger partial charge in [0.25, 0.3) is 0 Å². The van der Waals surface area contributed by atoms with Gasteiger partial charge in [-0.05, 0) is 38.0 Å². The Balaban J connectivity index is 2.31. The highest BCUT2D eigenvalue weighted by Crippen LogP contribution is 2.47. The molecule has 0 amide bonds. The Labute approximate surface area is 88.1 Å². The van der Waals surface area contributed by atoms with E-state index >= 15 is 0 Å². The van der Waals surface area contributed by atoms with E-state index in [2.05, 4.69) is 33.0 Å². The predicted molar refractivity (Wildman–Crippen MR) is 60.3 cm³/mol. The molecule has 0 aromatic heterocycles. The van der Waals surface area contributed by atoms with Crippen LogP contribution in [-0.4, -0.2) is 23.3 Å². The zero-order chi connectivity index (χ0) is 10.8. The molecule has 0 aromatic rings. The van der Waals surface area contributed by atoms with Crippen LogP contribution in [0.2, 0.25) is 0 Å². The number of nitrogens with one attached hydrogen (secondary N) is 1. The van der Waals surface area contributed by atoms with Crippen LogP contribution in [0.3, 0.4) is 0 Å². The summed E-state index contributed by atoms with van der Waals surface area (Å²) in [5.74, 6) is 0. The normalized spacial score (nSPS) is 22.1. The lowest BCUT2D eigenvalue weighted by Gasteiger charge is -2.29. The second kappa shape index (κ2) is 4.19. The van der Waals surface area contributed by atoms with Crippen molar-refractivity contribution in [3.8, 4) is 0 Å². The molecule has 0 aliphatic heterocycles. The van der Waals surface area contributed by atoms with E-state index in [-0.39, 0.29) is 0 Å². The number of hydrogen-bond donors (Lipinski definition) is 2. The summed E-state index contributed by atoms with van der Waals surface area (Å²) in [6.07, 6.45) is 4.33. The molecule has 0 aromatic carbocycles. The van der Waals surface area contributed by atoms with Crippen LogP contribution in [0.5, 0.6) is 0 Å². The molecule has 0 bridgehead atoms. The van der Waals surface area contributed by atoms with Crippen molar-refractivity contribution in [2.24, 2.45) is 5.41 Å². The van der Waals surface area contributed by atoms with Crippen LogP contribution in [0, 0.1) is 5.41 Å². The fourth-order valence-electron chi connectivity index (χ4n) is 1.72. The Hall–Kier alpha value is -0.0800. The minimum Gasteiger partial charge on any atom is -0.389 e. The minimum atomic E-state index is -0.500. The molecule has 1 aliphatic rings. The Kier molecular flexibility index (Phi) is 3.59. The Morgan fingerprint density at radius 1 is 1.36 bits per heavy atom. The third kappa shape index (κ3) is 2.71. The van der Waals surface area contributed by atoms with Gasteiger partial charge in [-0.3, -0.25) is 0 Å². The Bertz CT molecular complexity index is 183.